The Bertz CT molecular complexity index is 6430. The molecule has 1 aliphatic carbocycles. The number of benzene rings is 12. The van der Waals surface area contributed by atoms with Crippen molar-refractivity contribution in [2.75, 3.05) is 29.4 Å². The average molecular weight is 1560 g/mol. The number of aromatic nitrogens is 6. The lowest BCUT2D eigenvalue weighted by Crippen LogP contribution is -2.49. The SMILES string of the molecule is CC1(C)c2ccccc2N(c2ccc3c(c2)C(C)(C)c2ccccc2N3c2cnc(-c3cc(-c4ncc(N5c6ccccc6C(C)(C)c6cc(N7c8ccccc8C(C)(C)c8ccccc87)ccc65)cn4)cc(-c4ncc(N5c6ccccc6C(C)(C)c6cc(N7c8ccccc8C(C)(C)C8C=CC=CC87)ccc65)cn4)c3)nc2)c2ccccc21. The number of fused-ring (bicyclic) bond motifs is 12. The highest BCUT2D eigenvalue weighted by Gasteiger charge is 2.48. The summed E-state index contributed by atoms with van der Waals surface area (Å²) in [4.78, 5) is 46.6. The summed E-state index contributed by atoms with van der Waals surface area (Å²) < 4.78 is 0. The Labute approximate surface area is 702 Å². The smallest absolute Gasteiger partial charge is 0.159 e. The van der Waals surface area contributed by atoms with Crippen molar-refractivity contribution in [1.29, 1.82) is 0 Å². The number of para-hydroxylation sites is 8. The Kier molecular flexibility index (Phi) is 15.9. The molecule has 12 aromatic carbocycles. The van der Waals surface area contributed by atoms with Gasteiger partial charge in [0, 0.05) is 77.8 Å². The molecule has 0 saturated carbocycles. The zero-order valence-corrected chi connectivity index (χ0v) is 69.7. The van der Waals surface area contributed by atoms with Crippen molar-refractivity contribution in [2.45, 2.75) is 122 Å². The zero-order chi connectivity index (χ0) is 81.7. The molecule has 0 amide bonds. The molecule has 6 aliphatic heterocycles. The molecule has 3 aromatic heterocycles. The highest BCUT2D eigenvalue weighted by Crippen LogP contribution is 2.61. The highest BCUT2D eigenvalue weighted by molar-refractivity contribution is 5.95. The van der Waals surface area contributed by atoms with E-state index in [0.717, 1.165) is 84.9 Å². The van der Waals surface area contributed by atoms with Crippen LogP contribution < -0.4 is 29.4 Å². The fourth-order valence-electron chi connectivity index (χ4n) is 21.4. The van der Waals surface area contributed by atoms with Crippen LogP contribution in [0.25, 0.3) is 34.2 Å². The molecule has 0 N–H and O–H groups in total. The number of allylic oxidation sites excluding steroid dienone is 2. The summed E-state index contributed by atoms with van der Waals surface area (Å²) in [6.07, 6.45) is 21.0. The zero-order valence-electron chi connectivity index (χ0n) is 69.7. The van der Waals surface area contributed by atoms with Gasteiger partial charge in [-0.05, 0) is 183 Å². The van der Waals surface area contributed by atoms with E-state index in [0.29, 0.717) is 17.5 Å². The highest BCUT2D eigenvalue weighted by atomic mass is 15.2. The first kappa shape index (κ1) is 72.6. The summed E-state index contributed by atoms with van der Waals surface area (Å²) >= 11 is 0. The van der Waals surface area contributed by atoms with Gasteiger partial charge >= 0.3 is 0 Å². The predicted octanol–water partition coefficient (Wildman–Crippen LogP) is 27.1. The first-order chi connectivity index (χ1) is 58.1. The minimum Gasteiger partial charge on any atom is -0.334 e. The van der Waals surface area contributed by atoms with Gasteiger partial charge in [0.2, 0.25) is 0 Å². The van der Waals surface area contributed by atoms with Crippen molar-refractivity contribution in [3.05, 3.63) is 390 Å². The summed E-state index contributed by atoms with van der Waals surface area (Å²) in [6, 6.07) is 98.3. The Balaban J connectivity index is 0.654. The molecule has 0 radical (unpaired) electrons. The number of nitrogens with zero attached hydrogens (tertiary/aromatic N) is 12. The Morgan fingerprint density at radius 3 is 0.758 bits per heavy atom. The quantitative estimate of drug-likeness (QED) is 0.138. The summed E-state index contributed by atoms with van der Waals surface area (Å²) in [6.45, 7) is 28.3. The topological polar surface area (TPSA) is 96.8 Å². The van der Waals surface area contributed by atoms with Crippen LogP contribution in [-0.4, -0.2) is 35.9 Å². The van der Waals surface area contributed by atoms with Crippen molar-refractivity contribution in [1.82, 2.24) is 29.9 Å². The molecule has 120 heavy (non-hydrogen) atoms. The van der Waals surface area contributed by atoms with Crippen LogP contribution in [-0.2, 0) is 32.5 Å². The second-order valence-electron chi connectivity index (χ2n) is 36.5. The van der Waals surface area contributed by atoms with E-state index < -0.39 is 0 Å². The van der Waals surface area contributed by atoms with Crippen LogP contribution in [0.15, 0.2) is 328 Å². The van der Waals surface area contributed by atoms with Gasteiger partial charge in [0.05, 0.1) is 117 Å². The number of anilines is 17. The summed E-state index contributed by atoms with van der Waals surface area (Å²) in [5, 5.41) is 0. The third kappa shape index (κ3) is 10.7. The molecule has 15 aromatic rings. The van der Waals surface area contributed by atoms with Crippen molar-refractivity contribution >= 4 is 96.7 Å². The van der Waals surface area contributed by atoms with Crippen molar-refractivity contribution in [3.63, 3.8) is 0 Å². The van der Waals surface area contributed by atoms with Gasteiger partial charge in [-0.2, -0.15) is 0 Å². The third-order valence-electron chi connectivity index (χ3n) is 27.7. The second kappa shape index (κ2) is 26.3. The van der Waals surface area contributed by atoms with Crippen LogP contribution in [0.2, 0.25) is 0 Å². The predicted molar refractivity (Wildman–Crippen MR) is 491 cm³/mol. The number of hydrogen-bond acceptors (Lipinski definition) is 12. The van der Waals surface area contributed by atoms with Gasteiger partial charge in [0.25, 0.3) is 0 Å². The van der Waals surface area contributed by atoms with Gasteiger partial charge in [0.1, 0.15) is 0 Å². The Hall–Kier alpha value is -13.8. The standard InChI is InChI=1S/C108H92N12/c1-103(2)76-31-13-22-40-88(76)115(89-41-23-14-32-77(89)103)70-49-52-97-85(58-70)106(7,8)82-37-19-28-46-94(82)118(97)73-61-109-100(110-62-73)67-55-68(101-111-63-74(64-112-101)119-95-47-29-20-38-83(95)107(9,10)86-59-71(50-53-98(86)119)116-90-42-24-15-33-78(90)104(3,4)79-34-16-25-43-91(79)116)57-69(56-67)102-113-65-75(66-114-102)120-96-48-30-21-39-84(96)108(11,12)87-60-72(51-54-99(87)120)117-92-44-26-17-35-80(92)105(5,6)81-36-18-27-45-93(81)117/h13-66,76,88H,1-12H3. The van der Waals surface area contributed by atoms with E-state index in [4.69, 9.17) is 29.9 Å². The van der Waals surface area contributed by atoms with Crippen molar-refractivity contribution in [3.8, 4) is 34.2 Å². The lowest BCUT2D eigenvalue weighted by Gasteiger charge is -2.51. The van der Waals surface area contributed by atoms with Crippen molar-refractivity contribution < 1.29 is 0 Å². The first-order valence-corrected chi connectivity index (χ1v) is 42.0. The van der Waals surface area contributed by atoms with E-state index in [9.17, 15) is 0 Å². The molecule has 7 aliphatic rings. The van der Waals surface area contributed by atoms with Crippen LogP contribution in [0.1, 0.15) is 144 Å². The lowest BCUT2D eigenvalue weighted by atomic mass is 9.65. The molecule has 584 valence electrons. The van der Waals surface area contributed by atoms with E-state index in [1.54, 1.807) is 0 Å². The molecular formula is C108H92N12. The fourth-order valence-corrected chi connectivity index (χ4v) is 21.4. The number of hydrogen-bond donors (Lipinski definition) is 0. The van der Waals surface area contributed by atoms with E-state index in [-0.39, 0.29) is 44.4 Å². The molecule has 12 nitrogen and oxygen atoms in total. The third-order valence-corrected chi connectivity index (χ3v) is 27.7. The molecule has 2 atom stereocenters. The van der Waals surface area contributed by atoms with E-state index in [1.165, 1.54) is 89.6 Å². The van der Waals surface area contributed by atoms with Gasteiger partial charge in [-0.3, -0.25) is 0 Å². The first-order valence-electron chi connectivity index (χ1n) is 42.0. The van der Waals surface area contributed by atoms with Gasteiger partial charge in [0.15, 0.2) is 17.5 Å². The Morgan fingerprint density at radius 2 is 0.450 bits per heavy atom. The molecule has 12 heteroatoms. The van der Waals surface area contributed by atoms with Gasteiger partial charge in [-0.25, -0.2) is 29.9 Å². The normalized spacial score (nSPS) is 18.1. The second-order valence-corrected chi connectivity index (χ2v) is 36.5. The van der Waals surface area contributed by atoms with Crippen LogP contribution >= 0.6 is 0 Å². The van der Waals surface area contributed by atoms with Crippen LogP contribution in [0.3, 0.4) is 0 Å². The molecule has 0 spiro atoms. The van der Waals surface area contributed by atoms with Crippen LogP contribution in [0.4, 0.5) is 96.7 Å². The number of rotatable bonds is 9. The molecule has 0 saturated heterocycles. The molecule has 9 heterocycles. The fraction of sp³-hybridized carbons (Fsp3) is 0.185. The summed E-state index contributed by atoms with van der Waals surface area (Å²) in [5.74, 6) is 1.85. The van der Waals surface area contributed by atoms with Gasteiger partial charge < -0.3 is 29.4 Å². The minimum absolute atomic E-state index is 0.0692. The maximum atomic E-state index is 5.36. The van der Waals surface area contributed by atoms with E-state index in [1.807, 2.05) is 37.2 Å². The van der Waals surface area contributed by atoms with Gasteiger partial charge in [-0.15, -0.1) is 0 Å². The van der Waals surface area contributed by atoms with E-state index in [2.05, 4.69) is 404 Å². The summed E-state index contributed by atoms with van der Waals surface area (Å²) in [7, 11) is 0. The lowest BCUT2D eigenvalue weighted by molar-refractivity contribution is 0.332. The molecule has 0 fully saturated rings. The molecule has 0 bridgehead atoms. The largest absolute Gasteiger partial charge is 0.334 e. The maximum Gasteiger partial charge on any atom is 0.159 e. The molecule has 22 rings (SSSR count). The van der Waals surface area contributed by atoms with Gasteiger partial charge in [-0.1, -0.05) is 253 Å². The molecular weight excluding hydrogens is 1470 g/mol. The monoisotopic (exact) mass is 1560 g/mol. The average Bonchev–Trinajstić information content (AvgIpc) is 0.707. The van der Waals surface area contributed by atoms with E-state index >= 15 is 0 Å². The Morgan fingerprint density at radius 1 is 0.217 bits per heavy atom. The summed E-state index contributed by atoms with van der Waals surface area (Å²) in [5.41, 5.74) is 32.8. The van der Waals surface area contributed by atoms with Crippen LogP contribution in [0, 0.1) is 5.92 Å². The maximum absolute atomic E-state index is 5.36. The van der Waals surface area contributed by atoms with Crippen molar-refractivity contribution in [2.24, 2.45) is 5.92 Å². The molecule has 2 unspecified atom stereocenters. The van der Waals surface area contributed by atoms with Crippen LogP contribution in [0.5, 0.6) is 0 Å². The minimum atomic E-state index is -0.376.